The molecule has 0 aliphatic rings. The molecule has 0 aliphatic carbocycles. The van der Waals surface area contributed by atoms with E-state index in [1.165, 1.54) is 0 Å². The van der Waals surface area contributed by atoms with E-state index in [1.807, 2.05) is 25.1 Å². The number of benzene rings is 1. The summed E-state index contributed by atoms with van der Waals surface area (Å²) in [7, 11) is 0. The molecule has 16 heavy (non-hydrogen) atoms. The summed E-state index contributed by atoms with van der Waals surface area (Å²) in [6.07, 6.45) is 1.75. The van der Waals surface area contributed by atoms with Crippen LogP contribution in [0, 0.1) is 18.3 Å². The number of nitrogens with zero attached hydrogens (tertiary/aromatic N) is 2. The van der Waals surface area contributed by atoms with Crippen LogP contribution in [0.15, 0.2) is 36.5 Å². The molecule has 0 saturated carbocycles. The van der Waals surface area contributed by atoms with E-state index in [2.05, 4.69) is 11.1 Å². The number of rotatable bonds is 1. The number of aryl methyl sites for hydroxylation is 1. The summed E-state index contributed by atoms with van der Waals surface area (Å²) in [5.41, 5.74) is 3.40. The van der Waals surface area contributed by atoms with Crippen LogP contribution < -0.4 is 0 Å². The summed E-state index contributed by atoms with van der Waals surface area (Å²) in [5.74, 6) is 0. The zero-order valence-electron chi connectivity index (χ0n) is 8.74. The van der Waals surface area contributed by atoms with Crippen LogP contribution in [-0.4, -0.2) is 4.98 Å². The number of hydrogen-bond donors (Lipinski definition) is 0. The van der Waals surface area contributed by atoms with Crippen LogP contribution >= 0.6 is 11.6 Å². The summed E-state index contributed by atoms with van der Waals surface area (Å²) in [6, 6.07) is 11.2. The van der Waals surface area contributed by atoms with Crippen LogP contribution in [-0.2, 0) is 0 Å². The second-order valence-electron chi connectivity index (χ2n) is 3.44. The van der Waals surface area contributed by atoms with Gasteiger partial charge in [-0.2, -0.15) is 5.26 Å². The first kappa shape index (κ1) is 10.7. The Morgan fingerprint density at radius 1 is 1.25 bits per heavy atom. The molecule has 0 amide bonds. The van der Waals surface area contributed by atoms with Crippen LogP contribution in [0.4, 0.5) is 0 Å². The molecule has 0 atom stereocenters. The average molecular weight is 229 g/mol. The Morgan fingerprint density at radius 2 is 2.06 bits per heavy atom. The van der Waals surface area contributed by atoms with Crippen molar-refractivity contribution in [1.82, 2.24) is 4.98 Å². The average Bonchev–Trinajstić information content (AvgIpc) is 2.30. The lowest BCUT2D eigenvalue weighted by Gasteiger charge is -2.06. The topological polar surface area (TPSA) is 36.7 Å². The third kappa shape index (κ3) is 1.91. The monoisotopic (exact) mass is 228 g/mol. The SMILES string of the molecule is Cc1ncccc1-c1ccc(C#N)cc1Cl. The molecule has 0 spiro atoms. The van der Waals surface area contributed by atoms with Crippen molar-refractivity contribution in [2.45, 2.75) is 6.92 Å². The maximum Gasteiger partial charge on any atom is 0.0992 e. The van der Waals surface area contributed by atoms with Gasteiger partial charge in [0.1, 0.15) is 0 Å². The zero-order valence-corrected chi connectivity index (χ0v) is 9.49. The summed E-state index contributed by atoms with van der Waals surface area (Å²) in [4.78, 5) is 4.22. The molecule has 0 unspecified atom stereocenters. The highest BCUT2D eigenvalue weighted by Gasteiger charge is 2.07. The van der Waals surface area contributed by atoms with Gasteiger partial charge in [-0.3, -0.25) is 4.98 Å². The minimum absolute atomic E-state index is 0.565. The Balaban J connectivity index is 2.58. The fraction of sp³-hybridized carbons (Fsp3) is 0.0769. The summed E-state index contributed by atoms with van der Waals surface area (Å²) >= 11 is 6.14. The molecule has 0 N–H and O–H groups in total. The molecule has 0 saturated heterocycles. The summed E-state index contributed by atoms with van der Waals surface area (Å²) in [5, 5.41) is 9.34. The van der Waals surface area contributed by atoms with E-state index in [0.717, 1.165) is 16.8 Å². The molecule has 2 nitrogen and oxygen atoms in total. The van der Waals surface area contributed by atoms with E-state index < -0.39 is 0 Å². The molecule has 2 aromatic rings. The van der Waals surface area contributed by atoms with Gasteiger partial charge in [0.05, 0.1) is 11.6 Å². The maximum atomic E-state index is 8.76. The fourth-order valence-electron chi connectivity index (χ4n) is 1.57. The minimum Gasteiger partial charge on any atom is -0.261 e. The smallest absolute Gasteiger partial charge is 0.0992 e. The van der Waals surface area contributed by atoms with Crippen LogP contribution in [0.2, 0.25) is 5.02 Å². The van der Waals surface area contributed by atoms with E-state index >= 15 is 0 Å². The van der Waals surface area contributed by atoms with Gasteiger partial charge in [0.25, 0.3) is 0 Å². The third-order valence-corrected chi connectivity index (χ3v) is 2.71. The molecule has 0 radical (unpaired) electrons. The van der Waals surface area contributed by atoms with Crippen molar-refractivity contribution >= 4 is 11.6 Å². The van der Waals surface area contributed by atoms with Crippen molar-refractivity contribution in [3.05, 3.63) is 52.8 Å². The third-order valence-electron chi connectivity index (χ3n) is 2.40. The second-order valence-corrected chi connectivity index (χ2v) is 3.85. The molecule has 3 heteroatoms. The van der Waals surface area contributed by atoms with Gasteiger partial charge in [-0.25, -0.2) is 0 Å². The molecule has 0 fully saturated rings. The van der Waals surface area contributed by atoms with Crippen molar-refractivity contribution in [3.63, 3.8) is 0 Å². The highest BCUT2D eigenvalue weighted by atomic mass is 35.5. The number of hydrogen-bond acceptors (Lipinski definition) is 2. The molecule has 1 heterocycles. The van der Waals surface area contributed by atoms with Crippen molar-refractivity contribution < 1.29 is 0 Å². The van der Waals surface area contributed by atoms with Gasteiger partial charge in [-0.1, -0.05) is 23.7 Å². The molecule has 0 aliphatic heterocycles. The minimum atomic E-state index is 0.565. The van der Waals surface area contributed by atoms with E-state index in [-0.39, 0.29) is 0 Å². The lowest BCUT2D eigenvalue weighted by atomic mass is 10.0. The van der Waals surface area contributed by atoms with Crippen LogP contribution in [0.25, 0.3) is 11.1 Å². The maximum absolute atomic E-state index is 8.76. The van der Waals surface area contributed by atoms with Gasteiger partial charge in [-0.15, -0.1) is 0 Å². The molecule has 78 valence electrons. The molecule has 0 bridgehead atoms. The fourth-order valence-corrected chi connectivity index (χ4v) is 1.85. The predicted molar refractivity (Wildman–Crippen MR) is 64.1 cm³/mol. The van der Waals surface area contributed by atoms with Crippen molar-refractivity contribution in [2.24, 2.45) is 0 Å². The van der Waals surface area contributed by atoms with Gasteiger partial charge in [0.15, 0.2) is 0 Å². The number of pyridine rings is 1. The van der Waals surface area contributed by atoms with Crippen molar-refractivity contribution in [1.29, 1.82) is 5.26 Å². The first-order valence-electron chi connectivity index (χ1n) is 4.84. The largest absolute Gasteiger partial charge is 0.261 e. The Labute approximate surface area is 99.1 Å². The normalized spacial score (nSPS) is 9.81. The second kappa shape index (κ2) is 4.34. The molecular weight excluding hydrogens is 220 g/mol. The van der Waals surface area contributed by atoms with E-state index in [1.54, 1.807) is 18.3 Å². The van der Waals surface area contributed by atoms with Gasteiger partial charge in [-0.05, 0) is 25.1 Å². The highest BCUT2D eigenvalue weighted by Crippen LogP contribution is 2.29. The van der Waals surface area contributed by atoms with Gasteiger partial charge >= 0.3 is 0 Å². The zero-order chi connectivity index (χ0) is 11.5. The Morgan fingerprint density at radius 3 is 2.69 bits per heavy atom. The van der Waals surface area contributed by atoms with E-state index in [9.17, 15) is 0 Å². The van der Waals surface area contributed by atoms with E-state index in [4.69, 9.17) is 16.9 Å². The lowest BCUT2D eigenvalue weighted by Crippen LogP contribution is -1.88. The number of aromatic nitrogens is 1. The van der Waals surface area contributed by atoms with Crippen LogP contribution in [0.3, 0.4) is 0 Å². The summed E-state index contributed by atoms with van der Waals surface area (Å²) < 4.78 is 0. The highest BCUT2D eigenvalue weighted by molar-refractivity contribution is 6.33. The first-order valence-corrected chi connectivity index (χ1v) is 5.22. The lowest BCUT2D eigenvalue weighted by molar-refractivity contribution is 1.20. The predicted octanol–water partition coefficient (Wildman–Crippen LogP) is 3.58. The Hall–Kier alpha value is -1.85. The first-order chi connectivity index (χ1) is 7.72. The van der Waals surface area contributed by atoms with Gasteiger partial charge in [0.2, 0.25) is 0 Å². The molecular formula is C13H9ClN2. The molecule has 2 rings (SSSR count). The quantitative estimate of drug-likeness (QED) is 0.748. The Bertz CT molecular complexity index is 570. The molecule has 1 aromatic carbocycles. The van der Waals surface area contributed by atoms with E-state index in [0.29, 0.717) is 10.6 Å². The van der Waals surface area contributed by atoms with Crippen LogP contribution in [0.5, 0.6) is 0 Å². The van der Waals surface area contributed by atoms with Crippen molar-refractivity contribution in [3.8, 4) is 17.2 Å². The summed E-state index contributed by atoms with van der Waals surface area (Å²) in [6.45, 7) is 1.93. The standard InChI is InChI=1S/C13H9ClN2/c1-9-11(3-2-6-16-9)12-5-4-10(8-15)7-13(12)14/h2-7H,1H3. The van der Waals surface area contributed by atoms with Crippen LogP contribution in [0.1, 0.15) is 11.3 Å². The van der Waals surface area contributed by atoms with Crippen molar-refractivity contribution in [2.75, 3.05) is 0 Å². The van der Waals surface area contributed by atoms with Gasteiger partial charge in [0, 0.05) is 28.0 Å². The van der Waals surface area contributed by atoms with Gasteiger partial charge < -0.3 is 0 Å². The molecule has 1 aromatic heterocycles. The Kier molecular flexibility index (Phi) is 2.89. The number of nitriles is 1. The number of halogens is 1.